The average molecular weight is 275 g/mol. The van der Waals surface area contributed by atoms with Gasteiger partial charge in [0.1, 0.15) is 0 Å². The molecule has 96 valence electrons. The first-order chi connectivity index (χ1) is 9.18. The Morgan fingerprint density at radius 1 is 1.05 bits per heavy atom. The van der Waals surface area contributed by atoms with Gasteiger partial charge in [-0.25, -0.2) is 4.79 Å². The molecule has 2 aromatic rings. The first-order valence-corrected chi connectivity index (χ1v) is 5.93. The Morgan fingerprint density at radius 3 is 2.37 bits per heavy atom. The fourth-order valence-electron chi connectivity index (χ4n) is 1.52. The normalized spacial score (nSPS) is 11.1. The van der Waals surface area contributed by atoms with Crippen LogP contribution in [0.2, 0.25) is 0 Å². The fourth-order valence-corrected chi connectivity index (χ4v) is 1.68. The van der Waals surface area contributed by atoms with Gasteiger partial charge in [-0.15, -0.1) is 0 Å². The van der Waals surface area contributed by atoms with Crippen LogP contribution in [0.4, 0.5) is 5.69 Å². The molecule has 2 aromatic carbocycles. The number of carboxylic acid groups (broad SMARTS) is 1. The predicted molar refractivity (Wildman–Crippen MR) is 75.9 cm³/mol. The maximum atomic E-state index is 11.0. The van der Waals surface area contributed by atoms with Crippen LogP contribution in [0.5, 0.6) is 0 Å². The van der Waals surface area contributed by atoms with E-state index in [1.165, 1.54) is 6.07 Å². The third-order valence-corrected chi connectivity index (χ3v) is 2.75. The number of nitrogens with one attached hydrogen (secondary N) is 1. The van der Waals surface area contributed by atoms with E-state index in [0.29, 0.717) is 5.69 Å². The summed E-state index contributed by atoms with van der Waals surface area (Å²) in [6.45, 7) is 0. The molecule has 0 aliphatic rings. The Labute approximate surface area is 115 Å². The molecule has 0 amide bonds. The molecule has 0 aliphatic carbocycles. The zero-order valence-corrected chi connectivity index (χ0v) is 10.6. The summed E-state index contributed by atoms with van der Waals surface area (Å²) < 4.78 is 0. The van der Waals surface area contributed by atoms with Crippen molar-refractivity contribution in [3.05, 3.63) is 65.7 Å². The Morgan fingerprint density at radius 2 is 1.68 bits per heavy atom. The van der Waals surface area contributed by atoms with Crippen LogP contribution in [0.25, 0.3) is 0 Å². The van der Waals surface area contributed by atoms with E-state index in [1.807, 2.05) is 30.3 Å². The maximum absolute atomic E-state index is 11.0. The van der Waals surface area contributed by atoms with E-state index in [-0.39, 0.29) is 10.7 Å². The number of carbonyl (C=O) groups is 1. The molecular weight excluding hydrogens is 264 g/mol. The van der Waals surface area contributed by atoms with Crippen molar-refractivity contribution >= 4 is 28.4 Å². The number of nitrogens with zero attached hydrogens (tertiary/aromatic N) is 1. The number of hydrogen-bond donors (Lipinski definition) is 2. The molecule has 0 unspecified atom stereocenters. The van der Waals surface area contributed by atoms with Crippen molar-refractivity contribution in [1.82, 2.24) is 0 Å². The van der Waals surface area contributed by atoms with Crippen molar-refractivity contribution in [1.29, 1.82) is 0 Å². The highest BCUT2D eigenvalue weighted by Gasteiger charge is 2.08. The summed E-state index contributed by atoms with van der Waals surface area (Å²) >= 11 is 6.03. The highest BCUT2D eigenvalue weighted by atomic mass is 35.5. The highest BCUT2D eigenvalue weighted by molar-refractivity contribution is 6.69. The van der Waals surface area contributed by atoms with Gasteiger partial charge in [0, 0.05) is 5.56 Å². The molecule has 0 heterocycles. The molecule has 0 saturated heterocycles. The van der Waals surface area contributed by atoms with Gasteiger partial charge in [-0.2, -0.15) is 5.10 Å². The van der Waals surface area contributed by atoms with Crippen LogP contribution in [0, 0.1) is 0 Å². The van der Waals surface area contributed by atoms with E-state index in [4.69, 9.17) is 16.7 Å². The number of benzene rings is 2. The molecule has 0 atom stereocenters. The van der Waals surface area contributed by atoms with Gasteiger partial charge in [0.05, 0.1) is 11.3 Å². The quantitative estimate of drug-likeness (QED) is 0.663. The molecular formula is C14H11ClN2O2. The zero-order valence-electron chi connectivity index (χ0n) is 9.88. The van der Waals surface area contributed by atoms with Crippen molar-refractivity contribution in [2.75, 3.05) is 5.43 Å². The molecule has 5 heteroatoms. The van der Waals surface area contributed by atoms with Crippen molar-refractivity contribution in [3.63, 3.8) is 0 Å². The summed E-state index contributed by atoms with van der Waals surface area (Å²) in [4.78, 5) is 11.0. The number of hydrazone groups is 1. The standard InChI is InChI=1S/C14H11ClN2O2/c15-13(10-6-2-1-3-7-10)17-16-12-9-5-4-8-11(12)14(18)19/h1-9,16H,(H,18,19)/b17-13-. The minimum atomic E-state index is -1.02. The maximum Gasteiger partial charge on any atom is 0.337 e. The third kappa shape index (κ3) is 3.33. The molecule has 0 aliphatic heterocycles. The van der Waals surface area contributed by atoms with Crippen LogP contribution in [0.15, 0.2) is 59.7 Å². The van der Waals surface area contributed by atoms with Crippen molar-refractivity contribution in [3.8, 4) is 0 Å². The number of aromatic carboxylic acids is 1. The number of halogens is 1. The first-order valence-electron chi connectivity index (χ1n) is 5.55. The van der Waals surface area contributed by atoms with Crippen molar-refractivity contribution in [2.24, 2.45) is 5.10 Å². The summed E-state index contributed by atoms with van der Waals surface area (Å²) in [5, 5.41) is 13.3. The van der Waals surface area contributed by atoms with E-state index in [9.17, 15) is 4.79 Å². The predicted octanol–water partition coefficient (Wildman–Crippen LogP) is 3.40. The second kappa shape index (κ2) is 6.02. The van der Waals surface area contributed by atoms with Crippen LogP contribution in [0.1, 0.15) is 15.9 Å². The van der Waals surface area contributed by atoms with Gasteiger partial charge in [0.25, 0.3) is 0 Å². The lowest BCUT2D eigenvalue weighted by Crippen LogP contribution is -2.03. The minimum absolute atomic E-state index is 0.142. The summed E-state index contributed by atoms with van der Waals surface area (Å²) in [5.41, 5.74) is 3.96. The Hall–Kier alpha value is -2.33. The third-order valence-electron chi connectivity index (χ3n) is 2.44. The summed E-state index contributed by atoms with van der Waals surface area (Å²) in [7, 11) is 0. The summed E-state index contributed by atoms with van der Waals surface area (Å²) in [6.07, 6.45) is 0. The Bertz CT molecular complexity index is 612. The molecule has 2 N–H and O–H groups in total. The van der Waals surface area contributed by atoms with E-state index in [0.717, 1.165) is 5.56 Å². The van der Waals surface area contributed by atoms with Crippen LogP contribution >= 0.6 is 11.6 Å². The molecule has 0 aromatic heterocycles. The van der Waals surface area contributed by atoms with Crippen LogP contribution < -0.4 is 5.43 Å². The van der Waals surface area contributed by atoms with Gasteiger partial charge in [0.2, 0.25) is 0 Å². The number of para-hydroxylation sites is 1. The molecule has 0 radical (unpaired) electrons. The fraction of sp³-hybridized carbons (Fsp3) is 0. The Balaban J connectivity index is 2.21. The number of rotatable bonds is 4. The highest BCUT2D eigenvalue weighted by Crippen LogP contribution is 2.15. The average Bonchev–Trinajstić information content (AvgIpc) is 2.46. The molecule has 19 heavy (non-hydrogen) atoms. The smallest absolute Gasteiger partial charge is 0.337 e. The molecule has 2 rings (SSSR count). The van der Waals surface area contributed by atoms with Crippen LogP contribution in [0.3, 0.4) is 0 Å². The first kappa shape index (κ1) is 13.1. The van der Waals surface area contributed by atoms with Crippen LogP contribution in [-0.2, 0) is 0 Å². The van der Waals surface area contributed by atoms with Gasteiger partial charge in [-0.1, -0.05) is 54.1 Å². The van der Waals surface area contributed by atoms with Gasteiger partial charge in [-0.05, 0) is 12.1 Å². The molecule has 0 fully saturated rings. The lowest BCUT2D eigenvalue weighted by Gasteiger charge is -2.05. The second-order valence-corrected chi connectivity index (χ2v) is 4.09. The van der Waals surface area contributed by atoms with Crippen molar-refractivity contribution < 1.29 is 9.90 Å². The van der Waals surface area contributed by atoms with Gasteiger partial charge < -0.3 is 5.11 Å². The second-order valence-electron chi connectivity index (χ2n) is 3.73. The van der Waals surface area contributed by atoms with E-state index in [2.05, 4.69) is 10.5 Å². The zero-order chi connectivity index (χ0) is 13.7. The van der Waals surface area contributed by atoms with Gasteiger partial charge in [-0.3, -0.25) is 5.43 Å². The van der Waals surface area contributed by atoms with E-state index in [1.54, 1.807) is 18.2 Å². The molecule has 4 nitrogen and oxygen atoms in total. The number of hydrogen-bond acceptors (Lipinski definition) is 3. The Kier molecular flexibility index (Phi) is 4.15. The number of anilines is 1. The largest absolute Gasteiger partial charge is 0.478 e. The topological polar surface area (TPSA) is 61.7 Å². The monoisotopic (exact) mass is 274 g/mol. The molecule has 0 saturated carbocycles. The molecule has 0 bridgehead atoms. The minimum Gasteiger partial charge on any atom is -0.478 e. The van der Waals surface area contributed by atoms with Crippen molar-refractivity contribution in [2.45, 2.75) is 0 Å². The van der Waals surface area contributed by atoms with Gasteiger partial charge in [0.15, 0.2) is 5.17 Å². The van der Waals surface area contributed by atoms with E-state index < -0.39 is 5.97 Å². The lowest BCUT2D eigenvalue weighted by atomic mass is 10.2. The lowest BCUT2D eigenvalue weighted by molar-refractivity contribution is 0.0698. The van der Waals surface area contributed by atoms with E-state index >= 15 is 0 Å². The van der Waals surface area contributed by atoms with Gasteiger partial charge >= 0.3 is 5.97 Å². The summed E-state index contributed by atoms with van der Waals surface area (Å²) in [6, 6.07) is 15.7. The summed E-state index contributed by atoms with van der Waals surface area (Å²) in [5.74, 6) is -1.02. The molecule has 0 spiro atoms. The van der Waals surface area contributed by atoms with Crippen LogP contribution in [-0.4, -0.2) is 16.2 Å². The SMILES string of the molecule is O=C(O)c1ccccc1N/N=C(\Cl)c1ccccc1. The number of carboxylic acids is 1.